The van der Waals surface area contributed by atoms with Gasteiger partial charge < -0.3 is 10.0 Å². The van der Waals surface area contributed by atoms with Crippen LogP contribution in [0.5, 0.6) is 0 Å². The number of aliphatic hydroxyl groups excluding tert-OH is 1. The summed E-state index contributed by atoms with van der Waals surface area (Å²) >= 11 is 1.74. The summed E-state index contributed by atoms with van der Waals surface area (Å²) in [6.07, 6.45) is 0. The third-order valence-corrected chi connectivity index (χ3v) is 3.67. The number of aromatic nitrogens is 2. The van der Waals surface area contributed by atoms with Crippen molar-refractivity contribution >= 4 is 17.2 Å². The first-order valence-electron chi connectivity index (χ1n) is 5.50. The summed E-state index contributed by atoms with van der Waals surface area (Å²) in [6.45, 7) is 2.79. The highest BCUT2D eigenvalue weighted by molar-refractivity contribution is 7.09. The van der Waals surface area contributed by atoms with E-state index in [-0.39, 0.29) is 6.61 Å². The number of aryl methyl sites for hydroxylation is 2. The van der Waals surface area contributed by atoms with Gasteiger partial charge in [-0.2, -0.15) is 5.10 Å². The number of rotatable bonds is 4. The normalized spacial score (nSPS) is 10.8. The number of anilines is 1. The third kappa shape index (κ3) is 2.35. The molecule has 0 bridgehead atoms. The summed E-state index contributed by atoms with van der Waals surface area (Å²) in [6, 6.07) is 4.16. The van der Waals surface area contributed by atoms with E-state index >= 15 is 0 Å². The summed E-state index contributed by atoms with van der Waals surface area (Å²) < 4.78 is 1.83. The number of hydrogen-bond acceptors (Lipinski definition) is 4. The smallest absolute Gasteiger partial charge is 0.132 e. The zero-order valence-corrected chi connectivity index (χ0v) is 11.2. The molecule has 2 aromatic rings. The zero-order valence-electron chi connectivity index (χ0n) is 10.3. The summed E-state index contributed by atoms with van der Waals surface area (Å²) in [5.74, 6) is 0.985. The average molecular weight is 251 g/mol. The molecule has 0 saturated heterocycles. The average Bonchev–Trinajstić information content (AvgIpc) is 2.85. The molecule has 0 atom stereocenters. The van der Waals surface area contributed by atoms with Crippen molar-refractivity contribution < 1.29 is 5.11 Å². The molecule has 17 heavy (non-hydrogen) atoms. The van der Waals surface area contributed by atoms with Crippen molar-refractivity contribution in [2.45, 2.75) is 20.1 Å². The minimum absolute atomic E-state index is 0.0315. The Bertz CT molecular complexity index is 490. The maximum absolute atomic E-state index is 9.41. The molecular weight excluding hydrogens is 234 g/mol. The molecule has 0 aliphatic carbocycles. The van der Waals surface area contributed by atoms with Crippen LogP contribution in [0.2, 0.25) is 0 Å². The molecule has 0 aliphatic rings. The largest absolute Gasteiger partial charge is 0.391 e. The molecule has 0 spiro atoms. The van der Waals surface area contributed by atoms with Crippen molar-refractivity contribution in [2.75, 3.05) is 11.9 Å². The van der Waals surface area contributed by atoms with Crippen molar-refractivity contribution in [3.8, 4) is 0 Å². The zero-order chi connectivity index (χ0) is 12.4. The summed E-state index contributed by atoms with van der Waals surface area (Å²) in [7, 11) is 3.93. The first kappa shape index (κ1) is 12.1. The van der Waals surface area contributed by atoms with Gasteiger partial charge in [-0.25, -0.2) is 0 Å². The fourth-order valence-electron chi connectivity index (χ4n) is 2.06. The van der Waals surface area contributed by atoms with Gasteiger partial charge in [0.25, 0.3) is 0 Å². The van der Waals surface area contributed by atoms with Crippen LogP contribution in [0.1, 0.15) is 16.1 Å². The minimum Gasteiger partial charge on any atom is -0.391 e. The fraction of sp³-hybridized carbons (Fsp3) is 0.417. The van der Waals surface area contributed by atoms with E-state index in [0.29, 0.717) is 0 Å². The highest BCUT2D eigenvalue weighted by atomic mass is 32.1. The molecule has 2 rings (SSSR count). The van der Waals surface area contributed by atoms with E-state index in [9.17, 15) is 5.11 Å². The lowest BCUT2D eigenvalue weighted by Crippen LogP contribution is -2.20. The fourth-order valence-corrected chi connectivity index (χ4v) is 2.82. The molecule has 1 N–H and O–H groups in total. The number of aliphatic hydroxyl groups is 1. The van der Waals surface area contributed by atoms with Gasteiger partial charge in [0.2, 0.25) is 0 Å². The molecule has 0 radical (unpaired) electrons. The quantitative estimate of drug-likeness (QED) is 0.902. The Balaban J connectivity index is 2.27. The Morgan fingerprint density at radius 2 is 2.29 bits per heavy atom. The standard InChI is InChI=1S/C12H17N3OS/c1-9-11(8-16)12(15(3)13-9)14(2)7-10-5-4-6-17-10/h4-6,16H,7-8H2,1-3H3. The molecule has 0 aromatic carbocycles. The SMILES string of the molecule is Cc1nn(C)c(N(C)Cc2cccs2)c1CO. The Morgan fingerprint density at radius 3 is 2.88 bits per heavy atom. The van der Waals surface area contributed by atoms with Crippen LogP contribution >= 0.6 is 11.3 Å². The Labute approximate surface area is 105 Å². The Morgan fingerprint density at radius 1 is 1.53 bits per heavy atom. The molecule has 0 amide bonds. The number of nitrogens with zero attached hydrogens (tertiary/aromatic N) is 3. The van der Waals surface area contributed by atoms with E-state index in [1.807, 2.05) is 25.7 Å². The van der Waals surface area contributed by atoms with Gasteiger partial charge in [-0.3, -0.25) is 4.68 Å². The molecule has 92 valence electrons. The van der Waals surface area contributed by atoms with Gasteiger partial charge in [0, 0.05) is 24.5 Å². The number of hydrogen-bond donors (Lipinski definition) is 1. The summed E-state index contributed by atoms with van der Waals surface area (Å²) in [5.41, 5.74) is 1.80. The van der Waals surface area contributed by atoms with Gasteiger partial charge in [0.15, 0.2) is 0 Å². The van der Waals surface area contributed by atoms with Gasteiger partial charge in [-0.05, 0) is 18.4 Å². The van der Waals surface area contributed by atoms with E-state index in [4.69, 9.17) is 0 Å². The molecule has 2 heterocycles. The third-order valence-electron chi connectivity index (χ3n) is 2.81. The number of thiophene rings is 1. The summed E-state index contributed by atoms with van der Waals surface area (Å²) in [4.78, 5) is 3.42. The van der Waals surface area contributed by atoms with Gasteiger partial charge >= 0.3 is 0 Å². The molecular formula is C12H17N3OS. The van der Waals surface area contributed by atoms with Crippen molar-refractivity contribution in [1.82, 2.24) is 9.78 Å². The van der Waals surface area contributed by atoms with Gasteiger partial charge in [0.05, 0.1) is 18.8 Å². The van der Waals surface area contributed by atoms with Gasteiger partial charge in [-0.1, -0.05) is 6.07 Å². The Kier molecular flexibility index (Phi) is 3.49. The second-order valence-corrected chi connectivity index (χ2v) is 5.14. The predicted molar refractivity (Wildman–Crippen MR) is 70.3 cm³/mol. The predicted octanol–water partition coefficient (Wildman–Crippen LogP) is 1.92. The van der Waals surface area contributed by atoms with Crippen molar-refractivity contribution in [2.24, 2.45) is 7.05 Å². The molecule has 0 unspecified atom stereocenters. The van der Waals surface area contributed by atoms with Crippen LogP contribution in [0.4, 0.5) is 5.82 Å². The second-order valence-electron chi connectivity index (χ2n) is 4.10. The van der Waals surface area contributed by atoms with Crippen LogP contribution in [0, 0.1) is 6.92 Å². The maximum atomic E-state index is 9.41. The molecule has 0 aliphatic heterocycles. The molecule has 4 nitrogen and oxygen atoms in total. The van der Waals surface area contributed by atoms with E-state index < -0.39 is 0 Å². The lowest BCUT2D eigenvalue weighted by molar-refractivity contribution is 0.281. The van der Waals surface area contributed by atoms with Crippen molar-refractivity contribution in [3.05, 3.63) is 33.6 Å². The van der Waals surface area contributed by atoms with Crippen molar-refractivity contribution in [1.29, 1.82) is 0 Å². The highest BCUT2D eigenvalue weighted by Crippen LogP contribution is 2.24. The van der Waals surface area contributed by atoms with E-state index in [2.05, 4.69) is 27.5 Å². The van der Waals surface area contributed by atoms with Crippen molar-refractivity contribution in [3.63, 3.8) is 0 Å². The van der Waals surface area contributed by atoms with E-state index in [1.54, 1.807) is 11.3 Å². The van der Waals surface area contributed by atoms with E-state index in [0.717, 1.165) is 23.6 Å². The Hall–Kier alpha value is -1.33. The van der Waals surface area contributed by atoms with Crippen LogP contribution in [0.3, 0.4) is 0 Å². The monoisotopic (exact) mass is 251 g/mol. The lowest BCUT2D eigenvalue weighted by atomic mass is 10.2. The molecule has 0 saturated carbocycles. The molecule has 0 fully saturated rings. The molecule has 5 heteroatoms. The first-order valence-corrected chi connectivity index (χ1v) is 6.38. The van der Waals surface area contributed by atoms with Crippen LogP contribution in [0.25, 0.3) is 0 Å². The summed E-state index contributed by atoms with van der Waals surface area (Å²) in [5, 5.41) is 15.8. The topological polar surface area (TPSA) is 41.3 Å². The van der Waals surface area contributed by atoms with Crippen LogP contribution in [0.15, 0.2) is 17.5 Å². The second kappa shape index (κ2) is 4.89. The minimum atomic E-state index is 0.0315. The van der Waals surface area contributed by atoms with E-state index in [1.165, 1.54) is 4.88 Å². The first-order chi connectivity index (χ1) is 8.13. The van der Waals surface area contributed by atoms with Gasteiger partial charge in [0.1, 0.15) is 5.82 Å². The maximum Gasteiger partial charge on any atom is 0.132 e. The van der Waals surface area contributed by atoms with Crippen LogP contribution in [-0.4, -0.2) is 21.9 Å². The van der Waals surface area contributed by atoms with Crippen LogP contribution < -0.4 is 4.90 Å². The van der Waals surface area contributed by atoms with Crippen LogP contribution in [-0.2, 0) is 20.2 Å². The highest BCUT2D eigenvalue weighted by Gasteiger charge is 2.16. The van der Waals surface area contributed by atoms with Gasteiger partial charge in [-0.15, -0.1) is 11.3 Å². The molecule has 2 aromatic heterocycles. The lowest BCUT2D eigenvalue weighted by Gasteiger charge is -2.19.